The van der Waals surface area contributed by atoms with Crippen LogP contribution < -0.4 is 5.32 Å². The second-order valence-corrected chi connectivity index (χ2v) is 5.65. The van der Waals surface area contributed by atoms with Gasteiger partial charge in [-0.3, -0.25) is 4.90 Å². The zero-order valence-electron chi connectivity index (χ0n) is 11.6. The molecular weight excluding hydrogens is 265 g/mol. The van der Waals surface area contributed by atoms with Crippen LogP contribution in [0.25, 0.3) is 0 Å². The van der Waals surface area contributed by atoms with E-state index in [-0.39, 0.29) is 6.04 Å². The van der Waals surface area contributed by atoms with E-state index >= 15 is 0 Å². The molecule has 20 heavy (non-hydrogen) atoms. The third-order valence-electron chi connectivity index (χ3n) is 4.26. The summed E-state index contributed by atoms with van der Waals surface area (Å²) in [6.45, 7) is 4.85. The van der Waals surface area contributed by atoms with Crippen molar-refractivity contribution in [3.63, 3.8) is 0 Å². The zero-order chi connectivity index (χ0) is 14.3. The van der Waals surface area contributed by atoms with Crippen LogP contribution in [-0.4, -0.2) is 24.5 Å². The van der Waals surface area contributed by atoms with Crippen molar-refractivity contribution in [3.05, 3.63) is 34.4 Å². The molecule has 1 aromatic rings. The van der Waals surface area contributed by atoms with Crippen LogP contribution in [0.5, 0.6) is 0 Å². The third-order valence-corrected chi connectivity index (χ3v) is 4.26. The van der Waals surface area contributed by atoms with E-state index in [1.807, 2.05) is 13.0 Å². The number of piperazine rings is 1. The van der Waals surface area contributed by atoms with E-state index in [0.29, 0.717) is 18.5 Å². The van der Waals surface area contributed by atoms with Crippen molar-refractivity contribution in [1.29, 1.82) is 0 Å². The number of nitrogens with one attached hydrogen (secondary N) is 1. The predicted molar refractivity (Wildman–Crippen MR) is 71.5 cm³/mol. The first-order valence-electron chi connectivity index (χ1n) is 7.18. The summed E-state index contributed by atoms with van der Waals surface area (Å²) >= 11 is 0. The van der Waals surface area contributed by atoms with Crippen molar-refractivity contribution in [1.82, 2.24) is 10.2 Å². The molecular formula is C15H19F3N2. The number of fused-ring (bicyclic) bond motifs is 3. The lowest BCUT2D eigenvalue weighted by atomic mass is 9.94. The molecule has 0 radical (unpaired) electrons. The maximum absolute atomic E-state index is 13.3. The fourth-order valence-electron chi connectivity index (χ4n) is 3.36. The van der Waals surface area contributed by atoms with Crippen molar-refractivity contribution >= 4 is 0 Å². The Morgan fingerprint density at radius 1 is 1.35 bits per heavy atom. The van der Waals surface area contributed by atoms with Gasteiger partial charge in [-0.1, -0.05) is 19.4 Å². The largest absolute Gasteiger partial charge is 0.416 e. The summed E-state index contributed by atoms with van der Waals surface area (Å²) < 4.78 is 39.9. The fourth-order valence-corrected chi connectivity index (χ4v) is 3.36. The number of aryl methyl sites for hydroxylation is 1. The molecule has 0 unspecified atom stereocenters. The Morgan fingerprint density at radius 3 is 2.85 bits per heavy atom. The molecule has 1 aromatic carbocycles. The van der Waals surface area contributed by atoms with Gasteiger partial charge in [-0.25, -0.2) is 0 Å². The van der Waals surface area contributed by atoms with Crippen LogP contribution in [0.4, 0.5) is 13.2 Å². The lowest BCUT2D eigenvalue weighted by molar-refractivity contribution is -0.138. The first kappa shape index (κ1) is 13.9. The van der Waals surface area contributed by atoms with Crippen molar-refractivity contribution in [2.75, 3.05) is 19.6 Å². The molecule has 110 valence electrons. The predicted octanol–water partition coefficient (Wildman–Crippen LogP) is 3.12. The van der Waals surface area contributed by atoms with Crippen LogP contribution in [0.15, 0.2) is 12.1 Å². The molecule has 1 fully saturated rings. The molecule has 3 rings (SSSR count). The smallest absolute Gasteiger partial charge is 0.314 e. The summed E-state index contributed by atoms with van der Waals surface area (Å²) in [6, 6.07) is 3.46. The molecule has 2 heterocycles. The van der Waals surface area contributed by atoms with E-state index in [4.69, 9.17) is 0 Å². The number of nitrogens with zero attached hydrogens (tertiary/aromatic N) is 1. The minimum Gasteiger partial charge on any atom is -0.314 e. The Labute approximate surface area is 117 Å². The van der Waals surface area contributed by atoms with Gasteiger partial charge in [0.1, 0.15) is 0 Å². The Kier molecular flexibility index (Phi) is 3.50. The summed E-state index contributed by atoms with van der Waals surface area (Å²) in [5.41, 5.74) is 1.76. The molecule has 0 spiro atoms. The normalized spacial score (nSPS) is 22.7. The molecule has 2 aliphatic rings. The van der Waals surface area contributed by atoms with Gasteiger partial charge in [-0.15, -0.1) is 0 Å². The molecule has 2 nitrogen and oxygen atoms in total. The molecule has 0 aliphatic carbocycles. The zero-order valence-corrected chi connectivity index (χ0v) is 11.6. The van der Waals surface area contributed by atoms with Gasteiger partial charge < -0.3 is 5.32 Å². The van der Waals surface area contributed by atoms with Crippen LogP contribution in [0.2, 0.25) is 0 Å². The summed E-state index contributed by atoms with van der Waals surface area (Å²) in [7, 11) is 0. The Hall–Kier alpha value is -1.07. The molecule has 0 amide bonds. The topological polar surface area (TPSA) is 15.3 Å². The number of hydrogen-bond donors (Lipinski definition) is 1. The Balaban J connectivity index is 2.08. The van der Waals surface area contributed by atoms with Gasteiger partial charge in [0.25, 0.3) is 0 Å². The van der Waals surface area contributed by atoms with E-state index in [1.165, 1.54) is 6.07 Å². The molecule has 0 bridgehead atoms. The van der Waals surface area contributed by atoms with Crippen LogP contribution >= 0.6 is 0 Å². The van der Waals surface area contributed by atoms with E-state index in [1.54, 1.807) is 0 Å². The Morgan fingerprint density at radius 2 is 2.15 bits per heavy atom. The van der Waals surface area contributed by atoms with Crippen molar-refractivity contribution < 1.29 is 13.2 Å². The van der Waals surface area contributed by atoms with E-state index in [9.17, 15) is 13.2 Å². The quantitative estimate of drug-likeness (QED) is 0.897. The summed E-state index contributed by atoms with van der Waals surface area (Å²) in [5.74, 6) is 0. The SMILES string of the molecule is CCCc1cc2c(c(C(F)(F)F)c1)CN1CCNC[C@@H]21. The highest BCUT2D eigenvalue weighted by Gasteiger charge is 2.41. The second kappa shape index (κ2) is 5.04. The summed E-state index contributed by atoms with van der Waals surface area (Å²) in [5, 5.41) is 3.28. The summed E-state index contributed by atoms with van der Waals surface area (Å²) in [4.78, 5) is 2.16. The molecule has 5 heteroatoms. The molecule has 0 aromatic heterocycles. The van der Waals surface area contributed by atoms with Gasteiger partial charge in [0, 0.05) is 32.2 Å². The Bertz CT molecular complexity index is 511. The highest BCUT2D eigenvalue weighted by atomic mass is 19.4. The fraction of sp³-hybridized carbons (Fsp3) is 0.600. The van der Waals surface area contributed by atoms with Crippen molar-refractivity contribution in [2.45, 2.75) is 38.5 Å². The van der Waals surface area contributed by atoms with Gasteiger partial charge in [-0.05, 0) is 29.2 Å². The standard InChI is InChI=1S/C15H19F3N2/c1-2-3-10-6-11-12(13(7-10)15(16,17)18)9-20-5-4-19-8-14(11)20/h6-7,14,19H,2-5,8-9H2,1H3/t14-/m0/s1. The lowest BCUT2D eigenvalue weighted by Gasteiger charge is -2.30. The molecule has 2 aliphatic heterocycles. The van der Waals surface area contributed by atoms with E-state index in [0.717, 1.165) is 37.2 Å². The maximum Gasteiger partial charge on any atom is 0.416 e. The number of alkyl halides is 3. The summed E-state index contributed by atoms with van der Waals surface area (Å²) in [6.07, 6.45) is -2.69. The van der Waals surface area contributed by atoms with E-state index < -0.39 is 11.7 Å². The molecule has 1 N–H and O–H groups in total. The van der Waals surface area contributed by atoms with Crippen LogP contribution in [-0.2, 0) is 19.1 Å². The first-order chi connectivity index (χ1) is 9.50. The van der Waals surface area contributed by atoms with Gasteiger partial charge in [0.2, 0.25) is 0 Å². The number of hydrogen-bond acceptors (Lipinski definition) is 2. The van der Waals surface area contributed by atoms with Gasteiger partial charge in [0.05, 0.1) is 5.56 Å². The van der Waals surface area contributed by atoms with Gasteiger partial charge >= 0.3 is 6.18 Å². The second-order valence-electron chi connectivity index (χ2n) is 5.65. The van der Waals surface area contributed by atoms with Crippen LogP contribution in [0, 0.1) is 0 Å². The minimum absolute atomic E-state index is 0.108. The molecule has 1 saturated heterocycles. The molecule has 0 saturated carbocycles. The highest BCUT2D eigenvalue weighted by Crippen LogP contribution is 2.42. The van der Waals surface area contributed by atoms with Crippen molar-refractivity contribution in [2.24, 2.45) is 0 Å². The van der Waals surface area contributed by atoms with Crippen LogP contribution in [0.3, 0.4) is 0 Å². The maximum atomic E-state index is 13.3. The number of rotatable bonds is 2. The van der Waals surface area contributed by atoms with Gasteiger partial charge in [-0.2, -0.15) is 13.2 Å². The average molecular weight is 284 g/mol. The minimum atomic E-state index is -4.25. The van der Waals surface area contributed by atoms with Crippen LogP contribution in [0.1, 0.15) is 41.6 Å². The van der Waals surface area contributed by atoms with Gasteiger partial charge in [0.15, 0.2) is 0 Å². The van der Waals surface area contributed by atoms with Crippen molar-refractivity contribution in [3.8, 4) is 0 Å². The first-order valence-corrected chi connectivity index (χ1v) is 7.18. The third kappa shape index (κ3) is 2.33. The number of benzene rings is 1. The lowest BCUT2D eigenvalue weighted by Crippen LogP contribution is -2.42. The number of halogens is 3. The average Bonchev–Trinajstić information content (AvgIpc) is 2.76. The van der Waals surface area contributed by atoms with E-state index in [2.05, 4.69) is 10.2 Å². The highest BCUT2D eigenvalue weighted by molar-refractivity contribution is 5.45. The monoisotopic (exact) mass is 284 g/mol. The molecule has 1 atom stereocenters.